The monoisotopic (exact) mass is 373 g/mol. The van der Waals surface area contributed by atoms with Gasteiger partial charge in [-0.1, -0.05) is 0 Å². The SMILES string of the molecule is CCOC(=O)N1CCN(c2ncnc(Nc3ccncc3)c2[N+](=O)[O-])CC1. The highest BCUT2D eigenvalue weighted by Crippen LogP contribution is 2.33. The number of nitro groups is 1. The molecule has 1 saturated heterocycles. The predicted molar refractivity (Wildman–Crippen MR) is 97.0 cm³/mol. The van der Waals surface area contributed by atoms with Crippen molar-refractivity contribution in [3.8, 4) is 0 Å². The van der Waals surface area contributed by atoms with Crippen LogP contribution in [0.4, 0.5) is 27.8 Å². The van der Waals surface area contributed by atoms with Crippen LogP contribution in [0, 0.1) is 10.1 Å². The van der Waals surface area contributed by atoms with Gasteiger partial charge >= 0.3 is 11.8 Å². The number of aromatic nitrogens is 3. The topological polar surface area (TPSA) is 127 Å². The number of rotatable bonds is 5. The van der Waals surface area contributed by atoms with Crippen molar-refractivity contribution in [2.24, 2.45) is 0 Å². The molecular formula is C16H19N7O4. The van der Waals surface area contributed by atoms with E-state index in [1.165, 1.54) is 6.33 Å². The van der Waals surface area contributed by atoms with Gasteiger partial charge < -0.3 is 19.9 Å². The molecule has 1 amide bonds. The minimum Gasteiger partial charge on any atom is -0.450 e. The summed E-state index contributed by atoms with van der Waals surface area (Å²) in [5.41, 5.74) is 0.420. The molecule has 27 heavy (non-hydrogen) atoms. The minimum atomic E-state index is -0.503. The predicted octanol–water partition coefficient (Wildman–Crippen LogP) is 1.80. The first-order chi connectivity index (χ1) is 13.1. The summed E-state index contributed by atoms with van der Waals surface area (Å²) < 4.78 is 4.99. The van der Waals surface area contributed by atoms with E-state index in [0.717, 1.165) is 0 Å². The summed E-state index contributed by atoms with van der Waals surface area (Å²) in [6.07, 6.45) is 4.05. The lowest BCUT2D eigenvalue weighted by Crippen LogP contribution is -2.49. The molecule has 0 unspecified atom stereocenters. The van der Waals surface area contributed by atoms with Gasteiger partial charge in [0.1, 0.15) is 6.33 Å². The Morgan fingerprint density at radius 1 is 1.26 bits per heavy atom. The first-order valence-corrected chi connectivity index (χ1v) is 8.43. The first-order valence-electron chi connectivity index (χ1n) is 8.43. The van der Waals surface area contributed by atoms with Crippen molar-refractivity contribution in [1.82, 2.24) is 19.9 Å². The van der Waals surface area contributed by atoms with Crippen molar-refractivity contribution < 1.29 is 14.5 Å². The molecule has 0 saturated carbocycles. The van der Waals surface area contributed by atoms with Crippen molar-refractivity contribution in [2.75, 3.05) is 43.0 Å². The van der Waals surface area contributed by atoms with Crippen LogP contribution in [0.3, 0.4) is 0 Å². The molecule has 1 aliphatic rings. The summed E-state index contributed by atoms with van der Waals surface area (Å²) in [4.78, 5) is 38.4. The van der Waals surface area contributed by atoms with Crippen molar-refractivity contribution in [2.45, 2.75) is 6.92 Å². The quantitative estimate of drug-likeness (QED) is 0.616. The molecule has 3 heterocycles. The van der Waals surface area contributed by atoms with Crippen LogP contribution < -0.4 is 10.2 Å². The van der Waals surface area contributed by atoms with Gasteiger partial charge in [-0.15, -0.1) is 0 Å². The lowest BCUT2D eigenvalue weighted by atomic mass is 10.3. The number of carbonyl (C=O) groups is 1. The number of nitrogens with zero attached hydrogens (tertiary/aromatic N) is 6. The number of hydrogen-bond donors (Lipinski definition) is 1. The van der Waals surface area contributed by atoms with Crippen LogP contribution in [-0.4, -0.2) is 63.7 Å². The van der Waals surface area contributed by atoms with Gasteiger partial charge in [-0.25, -0.2) is 14.8 Å². The average molecular weight is 373 g/mol. The van der Waals surface area contributed by atoms with Gasteiger partial charge in [0.15, 0.2) is 0 Å². The van der Waals surface area contributed by atoms with E-state index in [0.29, 0.717) is 38.5 Å². The number of ether oxygens (including phenoxy) is 1. The van der Waals surface area contributed by atoms with Crippen LogP contribution in [-0.2, 0) is 4.74 Å². The van der Waals surface area contributed by atoms with Gasteiger partial charge in [-0.05, 0) is 19.1 Å². The summed E-state index contributed by atoms with van der Waals surface area (Å²) in [6.45, 7) is 3.66. The molecule has 2 aromatic heterocycles. The molecule has 0 bridgehead atoms. The lowest BCUT2D eigenvalue weighted by Gasteiger charge is -2.34. The van der Waals surface area contributed by atoms with E-state index in [4.69, 9.17) is 4.74 Å². The summed E-state index contributed by atoms with van der Waals surface area (Å²) in [5.74, 6) is 0.319. The van der Waals surface area contributed by atoms with Crippen LogP contribution in [0.15, 0.2) is 30.9 Å². The van der Waals surface area contributed by atoms with E-state index >= 15 is 0 Å². The molecule has 0 radical (unpaired) electrons. The van der Waals surface area contributed by atoms with E-state index in [1.807, 2.05) is 0 Å². The Morgan fingerprint density at radius 3 is 2.59 bits per heavy atom. The Labute approximate surface area is 155 Å². The minimum absolute atomic E-state index is 0.101. The Bertz CT molecular complexity index is 810. The second-order valence-electron chi connectivity index (χ2n) is 5.69. The largest absolute Gasteiger partial charge is 0.450 e. The van der Waals surface area contributed by atoms with Gasteiger partial charge in [-0.2, -0.15) is 0 Å². The normalized spacial score (nSPS) is 14.0. The Morgan fingerprint density at radius 2 is 1.96 bits per heavy atom. The van der Waals surface area contributed by atoms with Crippen molar-refractivity contribution >= 4 is 29.1 Å². The van der Waals surface area contributed by atoms with Gasteiger partial charge in [0.05, 0.1) is 11.5 Å². The smallest absolute Gasteiger partial charge is 0.409 e. The third kappa shape index (κ3) is 4.19. The Hall–Kier alpha value is -3.50. The second-order valence-corrected chi connectivity index (χ2v) is 5.69. The van der Waals surface area contributed by atoms with Gasteiger partial charge in [-0.3, -0.25) is 15.1 Å². The molecule has 0 aromatic carbocycles. The van der Waals surface area contributed by atoms with Crippen LogP contribution in [0.5, 0.6) is 0 Å². The molecule has 1 fully saturated rings. The number of carbonyl (C=O) groups excluding carboxylic acids is 1. The van der Waals surface area contributed by atoms with Crippen molar-refractivity contribution in [3.63, 3.8) is 0 Å². The highest BCUT2D eigenvalue weighted by Gasteiger charge is 2.30. The fraction of sp³-hybridized carbons (Fsp3) is 0.375. The molecule has 11 heteroatoms. The van der Waals surface area contributed by atoms with Crippen molar-refractivity contribution in [1.29, 1.82) is 0 Å². The average Bonchev–Trinajstić information content (AvgIpc) is 2.69. The summed E-state index contributed by atoms with van der Waals surface area (Å²) in [6, 6.07) is 3.37. The number of hydrogen-bond acceptors (Lipinski definition) is 9. The van der Waals surface area contributed by atoms with E-state index in [2.05, 4.69) is 20.3 Å². The molecule has 1 aliphatic heterocycles. The van der Waals surface area contributed by atoms with Gasteiger partial charge in [0.2, 0.25) is 11.6 Å². The van der Waals surface area contributed by atoms with Crippen LogP contribution in [0.2, 0.25) is 0 Å². The molecule has 0 aliphatic carbocycles. The van der Waals surface area contributed by atoms with E-state index in [1.54, 1.807) is 41.2 Å². The number of piperazine rings is 1. The molecule has 0 atom stereocenters. The van der Waals surface area contributed by atoms with Gasteiger partial charge in [0, 0.05) is 44.3 Å². The summed E-state index contributed by atoms with van der Waals surface area (Å²) in [5, 5.41) is 14.6. The third-order valence-corrected chi connectivity index (χ3v) is 4.03. The maximum Gasteiger partial charge on any atom is 0.409 e. The molecular weight excluding hydrogens is 354 g/mol. The van der Waals surface area contributed by atoms with Crippen molar-refractivity contribution in [3.05, 3.63) is 41.0 Å². The zero-order valence-electron chi connectivity index (χ0n) is 14.7. The van der Waals surface area contributed by atoms with Crippen LogP contribution in [0.25, 0.3) is 0 Å². The molecule has 2 aromatic rings. The molecule has 3 rings (SSSR count). The van der Waals surface area contributed by atoms with Crippen LogP contribution >= 0.6 is 0 Å². The van der Waals surface area contributed by atoms with E-state index < -0.39 is 4.92 Å². The molecule has 142 valence electrons. The van der Waals surface area contributed by atoms with Gasteiger partial charge in [0.25, 0.3) is 0 Å². The lowest BCUT2D eigenvalue weighted by molar-refractivity contribution is -0.383. The number of anilines is 3. The number of amides is 1. The standard InChI is InChI=1S/C16H19N7O4/c1-2-27-16(24)22-9-7-21(8-10-22)15-13(23(25)26)14(18-11-19-15)20-12-3-5-17-6-4-12/h3-6,11H,2,7-10H2,1H3,(H,17,18,19,20). The zero-order chi connectivity index (χ0) is 19.2. The molecule has 0 spiro atoms. The Kier molecular flexibility index (Phi) is 5.59. The van der Waals surface area contributed by atoms with E-state index in [-0.39, 0.29) is 23.4 Å². The number of nitrogens with one attached hydrogen (secondary N) is 1. The maximum atomic E-state index is 11.8. The highest BCUT2D eigenvalue weighted by atomic mass is 16.6. The maximum absolute atomic E-state index is 11.8. The van der Waals surface area contributed by atoms with E-state index in [9.17, 15) is 14.9 Å². The highest BCUT2D eigenvalue weighted by molar-refractivity contribution is 5.74. The zero-order valence-corrected chi connectivity index (χ0v) is 14.7. The fourth-order valence-electron chi connectivity index (χ4n) is 2.75. The third-order valence-electron chi connectivity index (χ3n) is 4.03. The first kappa shape index (κ1) is 18.3. The second kappa shape index (κ2) is 8.25. The Balaban J connectivity index is 1.81. The summed E-state index contributed by atoms with van der Waals surface area (Å²) in [7, 11) is 0. The van der Waals surface area contributed by atoms with Crippen LogP contribution in [0.1, 0.15) is 6.92 Å². The summed E-state index contributed by atoms with van der Waals surface area (Å²) >= 11 is 0. The fourth-order valence-corrected chi connectivity index (χ4v) is 2.75. The number of pyridine rings is 1. The molecule has 11 nitrogen and oxygen atoms in total. The molecule has 1 N–H and O–H groups in total.